The number of hydrogen-bond acceptors (Lipinski definition) is 2. The summed E-state index contributed by atoms with van der Waals surface area (Å²) in [5, 5.41) is 0. The number of nitrogens with two attached hydrogens (primary N) is 1. The zero-order valence-corrected chi connectivity index (χ0v) is 15.7. The van der Waals surface area contributed by atoms with Crippen LogP contribution >= 0.6 is 0 Å². The lowest BCUT2D eigenvalue weighted by Crippen LogP contribution is -2.42. The molecule has 4 nitrogen and oxygen atoms in total. The molecular formula is C22H25FN2O2. The van der Waals surface area contributed by atoms with Crippen LogP contribution in [0.1, 0.15) is 37.8 Å². The molecule has 142 valence electrons. The van der Waals surface area contributed by atoms with Crippen LogP contribution in [0, 0.1) is 11.2 Å². The average Bonchev–Trinajstić information content (AvgIpc) is 3.23. The summed E-state index contributed by atoms with van der Waals surface area (Å²) in [5.74, 6) is -0.800. The van der Waals surface area contributed by atoms with E-state index in [4.69, 9.17) is 5.73 Å². The molecule has 2 aromatic rings. The van der Waals surface area contributed by atoms with Gasteiger partial charge in [0.25, 0.3) is 0 Å². The predicted molar refractivity (Wildman–Crippen MR) is 102 cm³/mol. The number of carbonyl (C=O) groups is 2. The molecule has 1 aliphatic rings. The van der Waals surface area contributed by atoms with Crippen molar-refractivity contribution in [2.75, 3.05) is 6.54 Å². The Morgan fingerprint density at radius 2 is 1.67 bits per heavy atom. The van der Waals surface area contributed by atoms with Gasteiger partial charge >= 0.3 is 0 Å². The minimum atomic E-state index is -0.701. The Bertz CT molecular complexity index is 833. The van der Waals surface area contributed by atoms with Crippen molar-refractivity contribution in [3.63, 3.8) is 0 Å². The number of rotatable bonds is 7. The van der Waals surface area contributed by atoms with Crippen molar-refractivity contribution >= 4 is 11.8 Å². The van der Waals surface area contributed by atoms with Crippen LogP contribution < -0.4 is 5.73 Å². The van der Waals surface area contributed by atoms with Crippen LogP contribution in [-0.2, 0) is 21.5 Å². The van der Waals surface area contributed by atoms with Gasteiger partial charge in [0, 0.05) is 19.5 Å². The van der Waals surface area contributed by atoms with E-state index >= 15 is 0 Å². The maximum Gasteiger partial charge on any atom is 0.234 e. The summed E-state index contributed by atoms with van der Waals surface area (Å²) < 4.78 is 13.4. The van der Waals surface area contributed by atoms with Crippen molar-refractivity contribution in [3.8, 4) is 0 Å². The van der Waals surface area contributed by atoms with Gasteiger partial charge in [-0.1, -0.05) is 56.3 Å². The average molecular weight is 368 g/mol. The first kappa shape index (κ1) is 19.1. The van der Waals surface area contributed by atoms with E-state index in [1.807, 2.05) is 44.2 Å². The van der Waals surface area contributed by atoms with E-state index < -0.39 is 11.3 Å². The standard InChI is InChI=1S/C22H25FN2O2/c1-21(2)15-22(21,17-8-10-18(23)11-9-17)20(27)25(13-12-19(24)26)14-16-6-4-3-5-7-16/h3-11H,12-15H2,1-2H3,(H2,24,26)/t22-/m1/s1. The highest BCUT2D eigenvalue weighted by Gasteiger charge is 2.67. The molecule has 0 saturated heterocycles. The third-order valence-corrected chi connectivity index (χ3v) is 5.57. The van der Waals surface area contributed by atoms with Crippen LogP contribution in [0.25, 0.3) is 0 Å². The molecular weight excluding hydrogens is 343 g/mol. The number of halogens is 1. The molecule has 0 bridgehead atoms. The van der Waals surface area contributed by atoms with Gasteiger partial charge in [-0.25, -0.2) is 4.39 Å². The summed E-state index contributed by atoms with van der Waals surface area (Å²) in [5.41, 5.74) is 6.19. The third kappa shape index (κ3) is 3.72. The summed E-state index contributed by atoms with van der Waals surface area (Å²) >= 11 is 0. The fourth-order valence-electron chi connectivity index (χ4n) is 3.91. The number of carbonyl (C=O) groups excluding carboxylic acids is 2. The number of amides is 2. The molecule has 1 atom stereocenters. The third-order valence-electron chi connectivity index (χ3n) is 5.57. The van der Waals surface area contributed by atoms with Gasteiger partial charge in [0.05, 0.1) is 5.41 Å². The second-order valence-corrected chi connectivity index (χ2v) is 7.90. The lowest BCUT2D eigenvalue weighted by Gasteiger charge is -2.30. The van der Waals surface area contributed by atoms with Crippen LogP contribution in [-0.4, -0.2) is 23.3 Å². The van der Waals surface area contributed by atoms with Crippen LogP contribution in [0.4, 0.5) is 4.39 Å². The van der Waals surface area contributed by atoms with Crippen molar-refractivity contribution in [2.24, 2.45) is 11.1 Å². The molecule has 0 spiro atoms. The molecule has 2 amide bonds. The monoisotopic (exact) mass is 368 g/mol. The highest BCUT2D eigenvalue weighted by molar-refractivity contribution is 5.93. The van der Waals surface area contributed by atoms with Crippen LogP contribution in [0.15, 0.2) is 54.6 Å². The molecule has 0 aromatic heterocycles. The first-order chi connectivity index (χ1) is 12.8. The largest absolute Gasteiger partial charge is 0.370 e. The summed E-state index contributed by atoms with van der Waals surface area (Å²) in [6.45, 7) is 4.76. The maximum atomic E-state index is 13.6. The second kappa shape index (κ2) is 7.14. The van der Waals surface area contributed by atoms with Gasteiger partial charge in [0.2, 0.25) is 11.8 Å². The Balaban J connectivity index is 1.93. The molecule has 0 radical (unpaired) electrons. The summed E-state index contributed by atoms with van der Waals surface area (Å²) in [6, 6.07) is 15.8. The first-order valence-electron chi connectivity index (χ1n) is 9.14. The Morgan fingerprint density at radius 1 is 1.07 bits per heavy atom. The zero-order valence-electron chi connectivity index (χ0n) is 15.7. The van der Waals surface area contributed by atoms with Crippen molar-refractivity contribution in [2.45, 2.75) is 38.6 Å². The highest BCUT2D eigenvalue weighted by Crippen LogP contribution is 2.65. The SMILES string of the molecule is CC1(C)C[C@]1(C(=O)N(CCC(N)=O)Cc1ccccc1)c1ccc(F)cc1. The lowest BCUT2D eigenvalue weighted by molar-refractivity contribution is -0.136. The Labute approximate surface area is 159 Å². The zero-order chi connectivity index (χ0) is 19.7. The molecule has 2 N–H and O–H groups in total. The Hall–Kier alpha value is -2.69. The fraction of sp³-hybridized carbons (Fsp3) is 0.364. The van der Waals surface area contributed by atoms with Crippen LogP contribution in [0.2, 0.25) is 0 Å². The highest BCUT2D eigenvalue weighted by atomic mass is 19.1. The van der Waals surface area contributed by atoms with Gasteiger partial charge in [-0.3, -0.25) is 9.59 Å². The molecule has 0 heterocycles. The van der Waals surface area contributed by atoms with E-state index in [2.05, 4.69) is 0 Å². The quantitative estimate of drug-likeness (QED) is 0.814. The summed E-state index contributed by atoms with van der Waals surface area (Å²) in [4.78, 5) is 26.7. The van der Waals surface area contributed by atoms with Gasteiger partial charge < -0.3 is 10.6 Å². The van der Waals surface area contributed by atoms with Crippen molar-refractivity contribution in [3.05, 3.63) is 71.5 Å². The van der Waals surface area contributed by atoms with E-state index in [0.29, 0.717) is 13.0 Å². The molecule has 1 fully saturated rings. The van der Waals surface area contributed by atoms with E-state index in [9.17, 15) is 14.0 Å². The fourth-order valence-corrected chi connectivity index (χ4v) is 3.91. The minimum Gasteiger partial charge on any atom is -0.370 e. The molecule has 1 saturated carbocycles. The van der Waals surface area contributed by atoms with Crippen molar-refractivity contribution in [1.29, 1.82) is 0 Å². The van der Waals surface area contributed by atoms with Gasteiger partial charge in [-0.2, -0.15) is 0 Å². The Morgan fingerprint density at radius 3 is 2.19 bits per heavy atom. The second-order valence-electron chi connectivity index (χ2n) is 7.90. The van der Waals surface area contributed by atoms with Crippen LogP contribution in [0.5, 0.6) is 0 Å². The summed E-state index contributed by atoms with van der Waals surface area (Å²) in [6.07, 6.45) is 0.796. The van der Waals surface area contributed by atoms with Gasteiger partial charge in [0.1, 0.15) is 5.82 Å². The number of hydrogen-bond donors (Lipinski definition) is 1. The molecule has 0 unspecified atom stereocenters. The normalized spacial score (nSPS) is 20.1. The van der Waals surface area contributed by atoms with E-state index in [1.165, 1.54) is 12.1 Å². The maximum absolute atomic E-state index is 13.6. The Kier molecular flexibility index (Phi) is 5.05. The van der Waals surface area contributed by atoms with E-state index in [1.54, 1.807) is 17.0 Å². The topological polar surface area (TPSA) is 63.4 Å². The molecule has 1 aliphatic carbocycles. The van der Waals surface area contributed by atoms with Gasteiger partial charge in [-0.05, 0) is 35.1 Å². The van der Waals surface area contributed by atoms with E-state index in [0.717, 1.165) is 11.1 Å². The van der Waals surface area contributed by atoms with Gasteiger partial charge in [-0.15, -0.1) is 0 Å². The summed E-state index contributed by atoms with van der Waals surface area (Å²) in [7, 11) is 0. The lowest BCUT2D eigenvalue weighted by atomic mass is 9.86. The molecule has 0 aliphatic heterocycles. The molecule has 3 rings (SSSR count). The molecule has 27 heavy (non-hydrogen) atoms. The predicted octanol–water partition coefficient (Wildman–Crippen LogP) is 3.40. The number of nitrogens with zero attached hydrogens (tertiary/aromatic N) is 1. The van der Waals surface area contributed by atoms with Gasteiger partial charge in [0.15, 0.2) is 0 Å². The van der Waals surface area contributed by atoms with Crippen molar-refractivity contribution < 1.29 is 14.0 Å². The number of benzene rings is 2. The smallest absolute Gasteiger partial charge is 0.234 e. The van der Waals surface area contributed by atoms with Crippen molar-refractivity contribution in [1.82, 2.24) is 4.90 Å². The van der Waals surface area contributed by atoms with Crippen LogP contribution in [0.3, 0.4) is 0 Å². The van der Waals surface area contributed by atoms with E-state index in [-0.39, 0.29) is 30.1 Å². The molecule has 5 heteroatoms. The first-order valence-corrected chi connectivity index (χ1v) is 9.14. The number of primary amides is 1. The minimum absolute atomic E-state index is 0.0378. The molecule has 2 aromatic carbocycles.